The van der Waals surface area contributed by atoms with E-state index in [1.165, 1.54) is 16.0 Å². The van der Waals surface area contributed by atoms with Gasteiger partial charge in [0.05, 0.1) is 0 Å². The monoisotopic (exact) mass is 300 g/mol. The van der Waals surface area contributed by atoms with E-state index in [1.54, 1.807) is 11.8 Å². The summed E-state index contributed by atoms with van der Waals surface area (Å²) in [5.74, 6) is 6.52. The summed E-state index contributed by atoms with van der Waals surface area (Å²) in [5, 5.41) is 0. The van der Waals surface area contributed by atoms with E-state index in [0.29, 0.717) is 0 Å². The average Bonchev–Trinajstić information content (AvgIpc) is 2.61. The molecule has 0 aliphatic carbocycles. The second kappa shape index (κ2) is 7.02. The minimum atomic E-state index is 1.04. The minimum absolute atomic E-state index is 1.04. The van der Waals surface area contributed by atoms with E-state index < -0.39 is 0 Å². The molecule has 3 rings (SSSR count). The van der Waals surface area contributed by atoms with E-state index in [9.17, 15) is 0 Å². The van der Waals surface area contributed by atoms with Crippen LogP contribution in [0.3, 0.4) is 0 Å². The van der Waals surface area contributed by atoms with Crippen molar-refractivity contribution in [2.45, 2.75) is 4.90 Å². The first kappa shape index (κ1) is 14.5. The average molecular weight is 300 g/mol. The molecule has 0 saturated heterocycles. The van der Waals surface area contributed by atoms with Crippen molar-refractivity contribution >= 4 is 11.8 Å². The molecule has 0 aromatic heterocycles. The number of hydrogen-bond acceptors (Lipinski definition) is 1. The van der Waals surface area contributed by atoms with Gasteiger partial charge in [0.25, 0.3) is 0 Å². The SMILES string of the molecule is CSc1ccccc1C#Cc1ccc(-c2ccccc2)cc1. The second-order valence-corrected chi connectivity index (χ2v) is 5.74. The molecule has 0 nitrogen and oxygen atoms in total. The maximum atomic E-state index is 3.27. The molecule has 3 aromatic rings. The van der Waals surface area contributed by atoms with E-state index in [4.69, 9.17) is 0 Å². The quantitative estimate of drug-likeness (QED) is 0.446. The summed E-state index contributed by atoms with van der Waals surface area (Å²) >= 11 is 1.73. The van der Waals surface area contributed by atoms with Gasteiger partial charge in [-0.25, -0.2) is 0 Å². The van der Waals surface area contributed by atoms with Gasteiger partial charge in [0.15, 0.2) is 0 Å². The molecule has 0 unspecified atom stereocenters. The zero-order chi connectivity index (χ0) is 15.2. The van der Waals surface area contributed by atoms with Crippen molar-refractivity contribution in [3.63, 3.8) is 0 Å². The van der Waals surface area contributed by atoms with Gasteiger partial charge in [-0.2, -0.15) is 0 Å². The van der Waals surface area contributed by atoms with E-state index in [-0.39, 0.29) is 0 Å². The lowest BCUT2D eigenvalue weighted by Crippen LogP contribution is -1.81. The molecule has 3 aromatic carbocycles. The van der Waals surface area contributed by atoms with Crippen LogP contribution in [0, 0.1) is 11.8 Å². The molecule has 0 N–H and O–H groups in total. The Kier molecular flexibility index (Phi) is 4.63. The standard InChI is InChI=1S/C21H16S/c1-22-21-10-6-5-9-20(21)16-13-17-11-14-19(15-12-17)18-7-3-2-4-8-18/h2-12,14-15H,1H3. The van der Waals surface area contributed by atoms with Crippen molar-refractivity contribution < 1.29 is 0 Å². The third-order valence-electron chi connectivity index (χ3n) is 3.44. The lowest BCUT2D eigenvalue weighted by molar-refractivity contribution is 1.42. The zero-order valence-electron chi connectivity index (χ0n) is 12.4. The summed E-state index contributed by atoms with van der Waals surface area (Å²) in [6.07, 6.45) is 2.08. The summed E-state index contributed by atoms with van der Waals surface area (Å²) in [6, 6.07) is 27.0. The van der Waals surface area contributed by atoms with Crippen LogP contribution in [0.5, 0.6) is 0 Å². The van der Waals surface area contributed by atoms with Crippen LogP contribution in [0.25, 0.3) is 11.1 Å². The Morgan fingerprint density at radius 3 is 2.00 bits per heavy atom. The summed E-state index contributed by atoms with van der Waals surface area (Å²) in [5.41, 5.74) is 4.57. The highest BCUT2D eigenvalue weighted by Gasteiger charge is 1.97. The number of benzene rings is 3. The molecule has 0 bridgehead atoms. The van der Waals surface area contributed by atoms with Crippen molar-refractivity contribution in [1.29, 1.82) is 0 Å². The molecule has 1 heteroatoms. The normalized spacial score (nSPS) is 9.86. The first-order chi connectivity index (χ1) is 10.9. The van der Waals surface area contributed by atoms with Gasteiger partial charge in [-0.15, -0.1) is 11.8 Å². The molecule has 0 heterocycles. The highest BCUT2D eigenvalue weighted by atomic mass is 32.2. The van der Waals surface area contributed by atoms with Crippen LogP contribution in [0.2, 0.25) is 0 Å². The van der Waals surface area contributed by atoms with Gasteiger partial charge in [0.1, 0.15) is 0 Å². The Bertz CT molecular complexity index is 806. The van der Waals surface area contributed by atoms with Crippen LogP contribution in [-0.2, 0) is 0 Å². The van der Waals surface area contributed by atoms with Crippen LogP contribution >= 0.6 is 11.8 Å². The summed E-state index contributed by atoms with van der Waals surface area (Å²) < 4.78 is 0. The Morgan fingerprint density at radius 1 is 0.636 bits per heavy atom. The molecule has 0 spiro atoms. The van der Waals surface area contributed by atoms with Crippen molar-refractivity contribution in [2.75, 3.05) is 6.26 Å². The second-order valence-electron chi connectivity index (χ2n) is 4.89. The molecule has 0 aliphatic heterocycles. The molecule has 106 valence electrons. The lowest BCUT2D eigenvalue weighted by atomic mass is 10.0. The fraction of sp³-hybridized carbons (Fsp3) is 0.0476. The van der Waals surface area contributed by atoms with Crippen LogP contribution < -0.4 is 0 Å². The van der Waals surface area contributed by atoms with Gasteiger partial charge in [0.2, 0.25) is 0 Å². The van der Waals surface area contributed by atoms with E-state index >= 15 is 0 Å². The van der Waals surface area contributed by atoms with E-state index in [1.807, 2.05) is 18.2 Å². The van der Waals surface area contributed by atoms with Crippen LogP contribution in [0.15, 0.2) is 83.8 Å². The van der Waals surface area contributed by atoms with Crippen LogP contribution in [-0.4, -0.2) is 6.26 Å². The van der Waals surface area contributed by atoms with Crippen molar-refractivity contribution in [3.8, 4) is 23.0 Å². The first-order valence-electron chi connectivity index (χ1n) is 7.17. The van der Waals surface area contributed by atoms with Gasteiger partial charge in [-0.05, 0) is 41.6 Å². The van der Waals surface area contributed by atoms with E-state index in [2.05, 4.69) is 78.8 Å². The molecule has 0 fully saturated rings. The maximum absolute atomic E-state index is 3.27. The zero-order valence-corrected chi connectivity index (χ0v) is 13.2. The van der Waals surface area contributed by atoms with Crippen LogP contribution in [0.1, 0.15) is 11.1 Å². The fourth-order valence-electron chi connectivity index (χ4n) is 2.26. The summed E-state index contributed by atoms with van der Waals surface area (Å²) in [4.78, 5) is 1.22. The minimum Gasteiger partial charge on any atom is -0.128 e. The summed E-state index contributed by atoms with van der Waals surface area (Å²) in [7, 11) is 0. The Morgan fingerprint density at radius 2 is 1.27 bits per heavy atom. The third-order valence-corrected chi connectivity index (χ3v) is 4.24. The van der Waals surface area contributed by atoms with Crippen molar-refractivity contribution in [3.05, 3.63) is 90.0 Å². The molecule has 0 radical (unpaired) electrons. The molecule has 0 amide bonds. The van der Waals surface area contributed by atoms with Gasteiger partial charge >= 0.3 is 0 Å². The molecule has 0 saturated carbocycles. The molecule has 0 aliphatic rings. The van der Waals surface area contributed by atoms with Gasteiger partial charge in [-0.1, -0.05) is 66.4 Å². The van der Waals surface area contributed by atoms with Crippen molar-refractivity contribution in [1.82, 2.24) is 0 Å². The molecule has 22 heavy (non-hydrogen) atoms. The van der Waals surface area contributed by atoms with E-state index in [0.717, 1.165) is 11.1 Å². The summed E-state index contributed by atoms with van der Waals surface area (Å²) in [6.45, 7) is 0. The van der Waals surface area contributed by atoms with Gasteiger partial charge < -0.3 is 0 Å². The topological polar surface area (TPSA) is 0 Å². The van der Waals surface area contributed by atoms with Gasteiger partial charge in [-0.3, -0.25) is 0 Å². The number of thioether (sulfide) groups is 1. The Balaban J connectivity index is 1.84. The molecular weight excluding hydrogens is 284 g/mol. The number of rotatable bonds is 2. The predicted octanol–water partition coefficient (Wildman–Crippen LogP) is 5.48. The third kappa shape index (κ3) is 3.42. The highest BCUT2D eigenvalue weighted by Crippen LogP contribution is 2.20. The number of hydrogen-bond donors (Lipinski definition) is 0. The largest absolute Gasteiger partial charge is 0.128 e. The molecular formula is C21H16S. The smallest absolute Gasteiger partial charge is 0.0384 e. The van der Waals surface area contributed by atoms with Gasteiger partial charge in [0, 0.05) is 16.0 Å². The maximum Gasteiger partial charge on any atom is 0.0384 e. The first-order valence-corrected chi connectivity index (χ1v) is 8.40. The molecule has 0 atom stereocenters. The lowest BCUT2D eigenvalue weighted by Gasteiger charge is -2.01. The predicted molar refractivity (Wildman–Crippen MR) is 96.1 cm³/mol. The fourth-order valence-corrected chi connectivity index (χ4v) is 2.82. The van der Waals surface area contributed by atoms with Crippen molar-refractivity contribution in [2.24, 2.45) is 0 Å². The highest BCUT2D eigenvalue weighted by molar-refractivity contribution is 7.98. The Hall–Kier alpha value is -2.43. The van der Waals surface area contributed by atoms with Crippen LogP contribution in [0.4, 0.5) is 0 Å². The Labute approximate surface area is 136 Å².